The highest BCUT2D eigenvalue weighted by Crippen LogP contribution is 2.17. The van der Waals surface area contributed by atoms with Crippen molar-refractivity contribution in [3.8, 4) is 11.4 Å². The van der Waals surface area contributed by atoms with Gasteiger partial charge in [-0.25, -0.2) is 18.1 Å². The number of thiophene rings is 1. The smallest absolute Gasteiger partial charge is 0.336 e. The molecule has 10 heteroatoms. The molecular formula is C22H17F2N3O4S. The van der Waals surface area contributed by atoms with E-state index >= 15 is 0 Å². The van der Waals surface area contributed by atoms with Crippen LogP contribution in [0, 0.1) is 11.6 Å². The Hall–Kier alpha value is -3.79. The molecule has 0 aliphatic rings. The summed E-state index contributed by atoms with van der Waals surface area (Å²) in [6.07, 6.45) is 0. The number of carbonyl (C=O) groups is 1. The van der Waals surface area contributed by atoms with Crippen molar-refractivity contribution in [3.63, 3.8) is 0 Å². The van der Waals surface area contributed by atoms with E-state index in [1.807, 2.05) is 0 Å². The number of nitrogens with one attached hydrogen (secondary N) is 1. The van der Waals surface area contributed by atoms with Crippen molar-refractivity contribution in [2.24, 2.45) is 0 Å². The van der Waals surface area contributed by atoms with Gasteiger partial charge in [-0.3, -0.25) is 14.2 Å². The number of methoxy groups -OCH3 is 1. The van der Waals surface area contributed by atoms with Crippen molar-refractivity contribution >= 4 is 27.5 Å². The summed E-state index contributed by atoms with van der Waals surface area (Å²) in [6, 6.07) is 11.1. The van der Waals surface area contributed by atoms with Crippen LogP contribution >= 0.6 is 11.3 Å². The third kappa shape index (κ3) is 4.17. The summed E-state index contributed by atoms with van der Waals surface area (Å²) in [5.41, 5.74) is -0.726. The van der Waals surface area contributed by atoms with E-state index in [1.54, 1.807) is 42.8 Å². The molecule has 4 aromatic rings. The molecule has 2 aromatic carbocycles. The Morgan fingerprint density at radius 1 is 1.06 bits per heavy atom. The average Bonchev–Trinajstić information content (AvgIpc) is 3.25. The number of aromatic nitrogens is 2. The fourth-order valence-corrected chi connectivity index (χ4v) is 4.10. The van der Waals surface area contributed by atoms with Gasteiger partial charge in [0.1, 0.15) is 28.6 Å². The number of hydrogen-bond acceptors (Lipinski definition) is 5. The van der Waals surface area contributed by atoms with Crippen LogP contribution in [0.25, 0.3) is 15.9 Å². The first-order valence-corrected chi connectivity index (χ1v) is 10.3. The predicted octanol–water partition coefficient (Wildman–Crippen LogP) is 2.82. The molecule has 2 aromatic heterocycles. The summed E-state index contributed by atoms with van der Waals surface area (Å²) in [5.74, 6) is -1.64. The van der Waals surface area contributed by atoms with Gasteiger partial charge < -0.3 is 10.1 Å². The number of halogens is 2. The maximum atomic E-state index is 13.7. The number of carbonyl (C=O) groups excluding carboxylic acids is 1. The van der Waals surface area contributed by atoms with Gasteiger partial charge in [-0.1, -0.05) is 12.1 Å². The van der Waals surface area contributed by atoms with Crippen molar-refractivity contribution in [2.75, 3.05) is 7.11 Å². The minimum atomic E-state index is -0.929. The number of benzene rings is 2. The number of fused-ring (bicyclic) bond motifs is 1. The van der Waals surface area contributed by atoms with Gasteiger partial charge >= 0.3 is 5.69 Å². The van der Waals surface area contributed by atoms with Gasteiger partial charge in [0.05, 0.1) is 18.3 Å². The van der Waals surface area contributed by atoms with Gasteiger partial charge in [0.15, 0.2) is 0 Å². The third-order valence-corrected chi connectivity index (χ3v) is 5.70. The van der Waals surface area contributed by atoms with Crippen LogP contribution in [0.4, 0.5) is 8.78 Å². The molecular weight excluding hydrogens is 440 g/mol. The zero-order chi connectivity index (χ0) is 22.8. The van der Waals surface area contributed by atoms with Crippen LogP contribution in [-0.2, 0) is 17.9 Å². The first-order valence-electron chi connectivity index (χ1n) is 9.46. The normalized spacial score (nSPS) is 11.0. The lowest BCUT2D eigenvalue weighted by Gasteiger charge is -2.13. The highest BCUT2D eigenvalue weighted by Gasteiger charge is 2.18. The zero-order valence-corrected chi connectivity index (χ0v) is 17.6. The molecule has 0 unspecified atom stereocenters. The quantitative estimate of drug-likeness (QED) is 0.483. The summed E-state index contributed by atoms with van der Waals surface area (Å²) in [6.45, 7) is -0.153. The monoisotopic (exact) mass is 457 g/mol. The molecule has 0 radical (unpaired) electrons. The highest BCUT2D eigenvalue weighted by molar-refractivity contribution is 7.17. The largest absolute Gasteiger partial charge is 0.497 e. The molecule has 164 valence electrons. The standard InChI is InChI=1S/C22H17F2N3O4S/c1-31-17-4-2-13(3-5-17)11-25-19(28)12-26-18-6-7-32-20(18)21(29)27(22(26)30)16-9-14(23)8-15(24)10-16/h2-10H,11-12H2,1H3,(H,25,28). The van der Waals surface area contributed by atoms with Crippen LogP contribution in [0.5, 0.6) is 5.75 Å². The topological polar surface area (TPSA) is 82.3 Å². The van der Waals surface area contributed by atoms with Gasteiger partial charge in [0, 0.05) is 12.6 Å². The third-order valence-electron chi connectivity index (χ3n) is 4.81. The Kier molecular flexibility index (Phi) is 5.87. The minimum absolute atomic E-state index is 0.192. The van der Waals surface area contributed by atoms with E-state index in [0.29, 0.717) is 16.4 Å². The Morgan fingerprint density at radius 2 is 1.75 bits per heavy atom. The highest BCUT2D eigenvalue weighted by atomic mass is 32.1. The summed E-state index contributed by atoms with van der Waals surface area (Å²) in [4.78, 5) is 38.5. The van der Waals surface area contributed by atoms with E-state index in [-0.39, 0.29) is 29.0 Å². The van der Waals surface area contributed by atoms with E-state index in [4.69, 9.17) is 4.74 Å². The van der Waals surface area contributed by atoms with E-state index in [1.165, 1.54) is 0 Å². The van der Waals surface area contributed by atoms with E-state index in [2.05, 4.69) is 5.32 Å². The maximum Gasteiger partial charge on any atom is 0.336 e. The number of amides is 1. The van der Waals surface area contributed by atoms with Gasteiger partial charge in [-0.2, -0.15) is 0 Å². The van der Waals surface area contributed by atoms with Crippen LogP contribution in [0.1, 0.15) is 5.56 Å². The molecule has 0 aliphatic carbocycles. The summed E-state index contributed by atoms with van der Waals surface area (Å²) in [5, 5.41) is 4.32. The molecule has 0 spiro atoms. The molecule has 0 saturated carbocycles. The number of nitrogens with zero attached hydrogens (tertiary/aromatic N) is 2. The minimum Gasteiger partial charge on any atom is -0.497 e. The molecule has 0 atom stereocenters. The van der Waals surface area contributed by atoms with Gasteiger partial charge in [-0.05, 0) is 41.3 Å². The summed E-state index contributed by atoms with van der Waals surface area (Å²) >= 11 is 1.07. The number of rotatable bonds is 6. The lowest BCUT2D eigenvalue weighted by Crippen LogP contribution is -2.41. The molecule has 32 heavy (non-hydrogen) atoms. The average molecular weight is 457 g/mol. The SMILES string of the molecule is COc1ccc(CNC(=O)Cn2c(=O)n(-c3cc(F)cc(F)c3)c(=O)c3sccc32)cc1. The molecule has 7 nitrogen and oxygen atoms in total. The molecule has 1 amide bonds. The fourth-order valence-electron chi connectivity index (χ4n) is 3.28. The number of ether oxygens (including phenoxy) is 1. The molecule has 0 bridgehead atoms. The van der Waals surface area contributed by atoms with Crippen LogP contribution in [0.2, 0.25) is 0 Å². The lowest BCUT2D eigenvalue weighted by atomic mass is 10.2. The van der Waals surface area contributed by atoms with E-state index in [0.717, 1.165) is 33.6 Å². The molecule has 0 aliphatic heterocycles. The molecule has 0 fully saturated rings. The Bertz CT molecular complexity index is 1400. The second kappa shape index (κ2) is 8.75. The van der Waals surface area contributed by atoms with Crippen molar-refractivity contribution in [1.82, 2.24) is 14.5 Å². The van der Waals surface area contributed by atoms with Crippen molar-refractivity contribution in [2.45, 2.75) is 13.1 Å². The van der Waals surface area contributed by atoms with Crippen LogP contribution < -0.4 is 21.3 Å². The van der Waals surface area contributed by atoms with Crippen molar-refractivity contribution in [1.29, 1.82) is 0 Å². The fraction of sp³-hybridized carbons (Fsp3) is 0.136. The maximum absolute atomic E-state index is 13.7. The van der Waals surface area contributed by atoms with E-state index < -0.39 is 28.8 Å². The first-order chi connectivity index (χ1) is 15.4. The van der Waals surface area contributed by atoms with Crippen LogP contribution in [0.15, 0.2) is 63.5 Å². The van der Waals surface area contributed by atoms with Gasteiger partial charge in [0.25, 0.3) is 5.56 Å². The van der Waals surface area contributed by atoms with Crippen molar-refractivity contribution in [3.05, 3.63) is 91.9 Å². The Morgan fingerprint density at radius 3 is 2.41 bits per heavy atom. The molecule has 4 rings (SSSR count). The van der Waals surface area contributed by atoms with Crippen molar-refractivity contribution < 1.29 is 18.3 Å². The second-order valence-electron chi connectivity index (χ2n) is 6.90. The molecule has 0 saturated heterocycles. The first kappa shape index (κ1) is 21.4. The molecule has 1 N–H and O–H groups in total. The summed E-state index contributed by atoms with van der Waals surface area (Å²) < 4.78 is 34.5. The zero-order valence-electron chi connectivity index (χ0n) is 16.8. The summed E-state index contributed by atoms with van der Waals surface area (Å²) in [7, 11) is 1.55. The van der Waals surface area contributed by atoms with E-state index in [9.17, 15) is 23.2 Å². The second-order valence-corrected chi connectivity index (χ2v) is 7.81. The Balaban J connectivity index is 1.67. The number of hydrogen-bond donors (Lipinski definition) is 1. The van der Waals surface area contributed by atoms with Gasteiger partial charge in [0.2, 0.25) is 5.91 Å². The van der Waals surface area contributed by atoms with Gasteiger partial charge in [-0.15, -0.1) is 11.3 Å². The van der Waals surface area contributed by atoms with Crippen LogP contribution in [0.3, 0.4) is 0 Å². The van der Waals surface area contributed by atoms with Crippen LogP contribution in [-0.4, -0.2) is 22.2 Å². The predicted molar refractivity (Wildman–Crippen MR) is 116 cm³/mol. The molecule has 2 heterocycles. The lowest BCUT2D eigenvalue weighted by molar-refractivity contribution is -0.121. The Labute approximate surface area is 184 Å².